The monoisotopic (exact) mass is 426 g/mol. The molecule has 164 valence electrons. The van der Waals surface area contributed by atoms with E-state index >= 15 is 0 Å². The van der Waals surface area contributed by atoms with Crippen LogP contribution in [0, 0.1) is 0 Å². The number of H-pyrrole nitrogens is 1. The molecule has 1 saturated heterocycles. The molecule has 0 aliphatic carbocycles. The first-order valence-corrected chi connectivity index (χ1v) is 10.2. The van der Waals surface area contributed by atoms with Gasteiger partial charge in [-0.3, -0.25) is 9.69 Å². The Labute approximate surface area is 179 Å². The summed E-state index contributed by atoms with van der Waals surface area (Å²) in [7, 11) is 4.54. The lowest BCUT2D eigenvalue weighted by molar-refractivity contribution is 0.0600. The molecular weight excluding hydrogens is 400 g/mol. The highest BCUT2D eigenvalue weighted by Crippen LogP contribution is 2.34. The van der Waals surface area contributed by atoms with Crippen molar-refractivity contribution in [2.45, 2.75) is 25.4 Å². The summed E-state index contributed by atoms with van der Waals surface area (Å²) in [4.78, 5) is 27.0. The number of ether oxygens (including phenoxy) is 3. The maximum atomic E-state index is 12.3. The summed E-state index contributed by atoms with van der Waals surface area (Å²) in [5.74, 6) is 0.800. The summed E-state index contributed by atoms with van der Waals surface area (Å²) >= 11 is 0. The van der Waals surface area contributed by atoms with Gasteiger partial charge in [0.05, 0.1) is 32.9 Å². The Bertz CT molecular complexity index is 1100. The molecule has 0 spiro atoms. The lowest BCUT2D eigenvalue weighted by atomic mass is 10.0. The van der Waals surface area contributed by atoms with Crippen LogP contribution in [-0.4, -0.2) is 60.1 Å². The summed E-state index contributed by atoms with van der Waals surface area (Å²) in [5, 5.41) is 6.42. The highest BCUT2D eigenvalue weighted by molar-refractivity contribution is 5.95. The molecule has 1 fully saturated rings. The first kappa shape index (κ1) is 20.9. The first-order valence-electron chi connectivity index (χ1n) is 10.2. The number of carbonyl (C=O) groups excluding carboxylic acids is 1. The van der Waals surface area contributed by atoms with Crippen LogP contribution >= 0.6 is 0 Å². The minimum atomic E-state index is -0.533. The number of fused-ring (bicyclic) bond motifs is 1. The average Bonchev–Trinajstić information content (AvgIpc) is 3.46. The van der Waals surface area contributed by atoms with Crippen LogP contribution in [0.3, 0.4) is 0 Å². The smallest absolute Gasteiger partial charge is 0.341 e. The Morgan fingerprint density at radius 2 is 1.87 bits per heavy atom. The number of methoxy groups -OCH3 is 3. The minimum absolute atomic E-state index is 0.0252. The van der Waals surface area contributed by atoms with E-state index in [2.05, 4.69) is 15.1 Å². The molecule has 9 nitrogen and oxygen atoms in total. The van der Waals surface area contributed by atoms with Gasteiger partial charge in [-0.1, -0.05) is 6.07 Å². The number of nitrogens with zero attached hydrogens (tertiary/aromatic N) is 3. The van der Waals surface area contributed by atoms with Gasteiger partial charge >= 0.3 is 5.97 Å². The normalized spacial score (nSPS) is 15.2. The molecule has 1 N–H and O–H groups in total. The Hall–Kier alpha value is -3.33. The van der Waals surface area contributed by atoms with E-state index in [-0.39, 0.29) is 17.2 Å². The van der Waals surface area contributed by atoms with Crippen LogP contribution in [0.2, 0.25) is 0 Å². The van der Waals surface area contributed by atoms with Crippen molar-refractivity contribution in [1.29, 1.82) is 0 Å². The van der Waals surface area contributed by atoms with Gasteiger partial charge in [0.15, 0.2) is 11.5 Å². The van der Waals surface area contributed by atoms with Crippen molar-refractivity contribution in [3.63, 3.8) is 0 Å². The van der Waals surface area contributed by atoms with Gasteiger partial charge in [-0.15, -0.1) is 0 Å². The molecule has 0 bridgehead atoms. The third-order valence-electron chi connectivity index (χ3n) is 5.78. The zero-order valence-corrected chi connectivity index (χ0v) is 17.9. The molecule has 3 aliphatic rings. The van der Waals surface area contributed by atoms with Crippen molar-refractivity contribution in [3.05, 3.63) is 52.1 Å². The molecular formula is C22H26N4O5. The standard InChI is InChI=1S/C22H26N4O5/c1-29-18-7-6-14(10-19(18)30-2)17(26-8-4-5-9-26)13-25-11-15-20(23-24-21(15)27)16(12-25)22(28)31-3/h6-7,10-12,17H,4-5,8-9,13H2,1-3H3,(H,24,27)/t17-/m0/s1. The van der Waals surface area contributed by atoms with Crippen molar-refractivity contribution in [1.82, 2.24) is 19.7 Å². The number of hydrogen-bond donors (Lipinski definition) is 1. The molecule has 1 aromatic carbocycles. The Kier molecular flexibility index (Phi) is 5.94. The van der Waals surface area contributed by atoms with Gasteiger partial charge in [0, 0.05) is 18.9 Å². The van der Waals surface area contributed by atoms with Crippen LogP contribution in [0.1, 0.15) is 34.8 Å². The highest BCUT2D eigenvalue weighted by atomic mass is 16.5. The largest absolute Gasteiger partial charge is 0.493 e. The van der Waals surface area contributed by atoms with Crippen molar-refractivity contribution in [2.24, 2.45) is 0 Å². The Morgan fingerprint density at radius 1 is 1.13 bits per heavy atom. The van der Waals surface area contributed by atoms with E-state index in [0.29, 0.717) is 29.3 Å². The third kappa shape index (κ3) is 4.00. The van der Waals surface area contributed by atoms with Crippen LogP contribution < -0.4 is 15.0 Å². The second-order valence-corrected chi connectivity index (χ2v) is 7.55. The van der Waals surface area contributed by atoms with Gasteiger partial charge in [-0.2, -0.15) is 5.10 Å². The van der Waals surface area contributed by atoms with Crippen LogP contribution in [0.4, 0.5) is 0 Å². The lowest BCUT2D eigenvalue weighted by Gasteiger charge is -2.29. The fraction of sp³-hybridized carbons (Fsp3) is 0.409. The summed E-state index contributed by atoms with van der Waals surface area (Å²) in [6.07, 6.45) is 5.69. The molecule has 31 heavy (non-hydrogen) atoms. The number of benzene rings is 1. The summed E-state index contributed by atoms with van der Waals surface area (Å²) in [6.45, 7) is 2.49. The van der Waals surface area contributed by atoms with E-state index < -0.39 is 5.97 Å². The van der Waals surface area contributed by atoms with Crippen LogP contribution in [0.5, 0.6) is 11.5 Å². The SMILES string of the molecule is COC(=O)c1cn(C[C@@H](c2ccc(OC)c(OC)c2)N2CCCC2)cc2c(=O)[nH]nc1-2. The van der Waals surface area contributed by atoms with E-state index in [4.69, 9.17) is 14.2 Å². The van der Waals surface area contributed by atoms with Gasteiger partial charge in [0.25, 0.3) is 5.56 Å². The molecule has 0 radical (unpaired) electrons. The summed E-state index contributed by atoms with van der Waals surface area (Å²) in [5.41, 5.74) is 1.66. The van der Waals surface area contributed by atoms with Crippen molar-refractivity contribution in [2.75, 3.05) is 34.4 Å². The number of carbonyl (C=O) groups is 1. The molecule has 4 rings (SSSR count). The van der Waals surface area contributed by atoms with Gasteiger partial charge in [-0.25, -0.2) is 9.89 Å². The van der Waals surface area contributed by atoms with Crippen molar-refractivity contribution in [3.8, 4) is 22.8 Å². The number of hydrogen-bond acceptors (Lipinski definition) is 7. The zero-order chi connectivity index (χ0) is 22.0. The fourth-order valence-electron chi connectivity index (χ4n) is 4.20. The predicted octanol–water partition coefficient (Wildman–Crippen LogP) is 2.32. The predicted molar refractivity (Wildman–Crippen MR) is 114 cm³/mol. The molecule has 1 atom stereocenters. The van der Waals surface area contributed by atoms with Crippen LogP contribution in [-0.2, 0) is 11.3 Å². The number of aromatic amines is 1. The van der Waals surface area contributed by atoms with E-state index in [9.17, 15) is 9.59 Å². The number of esters is 1. The lowest BCUT2D eigenvalue weighted by Crippen LogP contribution is -2.29. The molecule has 0 amide bonds. The topological polar surface area (TPSA) is 98.7 Å². The zero-order valence-electron chi connectivity index (χ0n) is 17.9. The molecule has 0 aromatic heterocycles. The summed E-state index contributed by atoms with van der Waals surface area (Å²) < 4.78 is 17.7. The quantitative estimate of drug-likeness (QED) is 0.579. The Balaban J connectivity index is 1.77. The van der Waals surface area contributed by atoms with Crippen LogP contribution in [0.15, 0.2) is 35.4 Å². The molecule has 0 saturated carbocycles. The number of aromatic nitrogens is 3. The van der Waals surface area contributed by atoms with Gasteiger partial charge in [-0.05, 0) is 43.6 Å². The second-order valence-electron chi connectivity index (χ2n) is 7.55. The molecule has 9 heteroatoms. The van der Waals surface area contributed by atoms with E-state index in [1.54, 1.807) is 26.6 Å². The second kappa shape index (κ2) is 8.81. The van der Waals surface area contributed by atoms with Gasteiger partial charge in [0.1, 0.15) is 11.3 Å². The molecule has 0 unspecified atom stereocenters. The van der Waals surface area contributed by atoms with E-state index in [1.165, 1.54) is 7.11 Å². The number of likely N-dealkylation sites (tertiary alicyclic amines) is 1. The van der Waals surface area contributed by atoms with Crippen molar-refractivity contribution < 1.29 is 19.0 Å². The van der Waals surface area contributed by atoms with E-state index in [0.717, 1.165) is 31.5 Å². The first-order chi connectivity index (χ1) is 15.0. The molecule has 1 aromatic rings. The highest BCUT2D eigenvalue weighted by Gasteiger charge is 2.27. The number of nitrogens with one attached hydrogen (secondary N) is 1. The van der Waals surface area contributed by atoms with Crippen molar-refractivity contribution >= 4 is 5.97 Å². The van der Waals surface area contributed by atoms with Crippen LogP contribution in [0.25, 0.3) is 11.3 Å². The fourth-order valence-corrected chi connectivity index (χ4v) is 4.20. The molecule has 3 aliphatic heterocycles. The van der Waals surface area contributed by atoms with Gasteiger partial charge < -0.3 is 18.8 Å². The number of rotatable bonds is 7. The maximum absolute atomic E-state index is 12.3. The Morgan fingerprint density at radius 3 is 2.55 bits per heavy atom. The third-order valence-corrected chi connectivity index (χ3v) is 5.78. The average molecular weight is 426 g/mol. The minimum Gasteiger partial charge on any atom is -0.493 e. The molecule has 3 heterocycles. The summed E-state index contributed by atoms with van der Waals surface area (Å²) in [6, 6.07) is 5.94. The number of pyridine rings is 1. The van der Waals surface area contributed by atoms with E-state index in [1.807, 2.05) is 22.8 Å². The maximum Gasteiger partial charge on any atom is 0.341 e. The van der Waals surface area contributed by atoms with Gasteiger partial charge in [0.2, 0.25) is 0 Å².